The smallest absolute Gasteiger partial charge is 0.283 e. The molecule has 7 nitrogen and oxygen atoms in total. The van der Waals surface area contributed by atoms with Gasteiger partial charge in [0.05, 0.1) is 12.2 Å². The molecule has 0 bridgehead atoms. The normalized spacial score (nSPS) is 15.8. The Hall–Kier alpha value is -4.08. The van der Waals surface area contributed by atoms with Crippen LogP contribution in [-0.2, 0) is 23.5 Å². The number of hydrazone groups is 1. The van der Waals surface area contributed by atoms with Crippen molar-refractivity contribution in [1.29, 1.82) is 5.41 Å². The number of aliphatic imine (C=N–C) groups is 1. The summed E-state index contributed by atoms with van der Waals surface area (Å²) in [4.78, 5) is 17.3. The van der Waals surface area contributed by atoms with Gasteiger partial charge in [-0.05, 0) is 60.0 Å². The average Bonchev–Trinajstić information content (AvgIpc) is 3.58. The van der Waals surface area contributed by atoms with E-state index in [2.05, 4.69) is 51.9 Å². The first-order chi connectivity index (χ1) is 20.1. The van der Waals surface area contributed by atoms with Gasteiger partial charge >= 0.3 is 0 Å². The SMILES string of the molecule is CCc1ccc(OCCCn2cc(C=C3C(=N)N4N=C(SCc5ccccc5)SC4=NC3=O)c3ccccc32)cc1. The fraction of sp³-hybridized carbons (Fsp3) is 0.188. The predicted molar refractivity (Wildman–Crippen MR) is 171 cm³/mol. The summed E-state index contributed by atoms with van der Waals surface area (Å²) in [5.74, 6) is 1.26. The number of thioether (sulfide) groups is 2. The first-order valence-electron chi connectivity index (χ1n) is 13.6. The van der Waals surface area contributed by atoms with Gasteiger partial charge in [0.2, 0.25) is 5.17 Å². The molecule has 0 saturated heterocycles. The molecule has 4 aromatic rings. The third-order valence-electron chi connectivity index (χ3n) is 6.90. The van der Waals surface area contributed by atoms with Gasteiger partial charge in [0.15, 0.2) is 10.2 Å². The Morgan fingerprint density at radius 2 is 1.78 bits per heavy atom. The third kappa shape index (κ3) is 6.01. The molecule has 1 aromatic heterocycles. The molecule has 3 aromatic carbocycles. The summed E-state index contributed by atoms with van der Waals surface area (Å²) in [5.41, 5.74) is 4.65. The average molecular weight is 580 g/mol. The van der Waals surface area contributed by atoms with Gasteiger partial charge in [0.25, 0.3) is 5.91 Å². The largest absolute Gasteiger partial charge is 0.494 e. The van der Waals surface area contributed by atoms with Crippen LogP contribution in [0.25, 0.3) is 17.0 Å². The van der Waals surface area contributed by atoms with Crippen molar-refractivity contribution in [1.82, 2.24) is 9.58 Å². The van der Waals surface area contributed by atoms with Crippen molar-refractivity contribution in [3.8, 4) is 5.75 Å². The van der Waals surface area contributed by atoms with E-state index in [1.807, 2.05) is 54.7 Å². The van der Waals surface area contributed by atoms with Crippen LogP contribution < -0.4 is 4.74 Å². The van der Waals surface area contributed by atoms with Gasteiger partial charge in [-0.25, -0.2) is 0 Å². The number of aryl methyl sites for hydroxylation is 2. The summed E-state index contributed by atoms with van der Waals surface area (Å²) < 4.78 is 8.90. The molecular weight excluding hydrogens is 551 g/mol. The molecule has 0 atom stereocenters. The van der Waals surface area contributed by atoms with Gasteiger partial charge < -0.3 is 9.30 Å². The third-order valence-corrected chi connectivity index (χ3v) is 9.02. The van der Waals surface area contributed by atoms with Gasteiger partial charge in [0, 0.05) is 35.0 Å². The van der Waals surface area contributed by atoms with Crippen LogP contribution in [0.1, 0.15) is 30.0 Å². The predicted octanol–water partition coefficient (Wildman–Crippen LogP) is 7.18. The fourth-order valence-electron chi connectivity index (χ4n) is 4.73. The molecule has 0 fully saturated rings. The molecular formula is C32H29N5O2S2. The summed E-state index contributed by atoms with van der Waals surface area (Å²) >= 11 is 2.91. The zero-order chi connectivity index (χ0) is 28.2. The number of aromatic nitrogens is 1. The first kappa shape index (κ1) is 27.1. The lowest BCUT2D eigenvalue weighted by Crippen LogP contribution is -2.35. The molecule has 0 unspecified atom stereocenters. The second kappa shape index (κ2) is 12.2. The highest BCUT2D eigenvalue weighted by Gasteiger charge is 2.36. The Morgan fingerprint density at radius 1 is 1.00 bits per heavy atom. The molecule has 1 N–H and O–H groups in total. The number of nitrogens with one attached hydrogen (secondary N) is 1. The maximum Gasteiger partial charge on any atom is 0.283 e. The van der Waals surface area contributed by atoms with Crippen LogP contribution in [0.4, 0.5) is 0 Å². The number of rotatable bonds is 9. The maximum atomic E-state index is 13.0. The van der Waals surface area contributed by atoms with Crippen molar-refractivity contribution in [2.24, 2.45) is 10.1 Å². The molecule has 2 aliphatic rings. The summed E-state index contributed by atoms with van der Waals surface area (Å²) in [5, 5.41) is 16.3. The number of amidine groups is 2. The topological polar surface area (TPSA) is 83.0 Å². The van der Waals surface area contributed by atoms with Crippen molar-refractivity contribution in [3.63, 3.8) is 0 Å². The monoisotopic (exact) mass is 579 g/mol. The van der Waals surface area contributed by atoms with E-state index in [-0.39, 0.29) is 11.4 Å². The Morgan fingerprint density at radius 3 is 2.59 bits per heavy atom. The van der Waals surface area contributed by atoms with Gasteiger partial charge in [-0.15, -0.1) is 5.10 Å². The minimum Gasteiger partial charge on any atom is -0.494 e. The number of hydrogen-bond acceptors (Lipinski definition) is 6. The van der Waals surface area contributed by atoms with Crippen molar-refractivity contribution >= 4 is 61.8 Å². The highest BCUT2D eigenvalue weighted by atomic mass is 32.2. The second-order valence-corrected chi connectivity index (χ2v) is 11.8. The number of para-hydroxylation sites is 1. The molecule has 0 saturated carbocycles. The van der Waals surface area contributed by atoms with Crippen LogP contribution in [0, 0.1) is 5.41 Å². The lowest BCUT2D eigenvalue weighted by atomic mass is 10.1. The maximum absolute atomic E-state index is 13.0. The fourth-order valence-corrected chi connectivity index (χ4v) is 6.61. The molecule has 9 heteroatoms. The van der Waals surface area contributed by atoms with E-state index in [1.54, 1.807) is 17.8 Å². The van der Waals surface area contributed by atoms with Crippen molar-refractivity contribution in [3.05, 3.63) is 107 Å². The molecule has 3 heterocycles. The van der Waals surface area contributed by atoms with Gasteiger partial charge in [0.1, 0.15) is 5.75 Å². The number of ether oxygens (including phenoxy) is 1. The van der Waals surface area contributed by atoms with E-state index in [0.29, 0.717) is 11.8 Å². The number of benzene rings is 3. The molecule has 41 heavy (non-hydrogen) atoms. The van der Waals surface area contributed by atoms with Crippen molar-refractivity contribution < 1.29 is 9.53 Å². The quantitative estimate of drug-likeness (QED) is 0.168. The highest BCUT2D eigenvalue weighted by Crippen LogP contribution is 2.34. The minimum atomic E-state index is -0.419. The van der Waals surface area contributed by atoms with Crippen LogP contribution in [0.3, 0.4) is 0 Å². The number of nitrogens with zero attached hydrogens (tertiary/aromatic N) is 4. The molecule has 206 valence electrons. The summed E-state index contributed by atoms with van der Waals surface area (Å²) in [6.07, 6.45) is 5.65. The summed E-state index contributed by atoms with van der Waals surface area (Å²) in [6, 6.07) is 26.5. The lowest BCUT2D eigenvalue weighted by Gasteiger charge is -2.20. The van der Waals surface area contributed by atoms with Gasteiger partial charge in [-0.2, -0.15) is 10.0 Å². The molecule has 0 spiro atoms. The van der Waals surface area contributed by atoms with Crippen LogP contribution in [0.2, 0.25) is 0 Å². The van der Waals surface area contributed by atoms with Crippen molar-refractivity contribution in [2.75, 3.05) is 6.61 Å². The zero-order valence-electron chi connectivity index (χ0n) is 22.6. The van der Waals surface area contributed by atoms with E-state index in [4.69, 9.17) is 10.1 Å². The molecule has 1 amide bonds. The number of fused-ring (bicyclic) bond motifs is 2. The zero-order valence-corrected chi connectivity index (χ0v) is 24.3. The molecule has 2 aliphatic heterocycles. The van der Waals surface area contributed by atoms with Crippen molar-refractivity contribution in [2.45, 2.75) is 32.1 Å². The lowest BCUT2D eigenvalue weighted by molar-refractivity contribution is -0.114. The van der Waals surface area contributed by atoms with E-state index in [1.165, 1.54) is 27.9 Å². The van der Waals surface area contributed by atoms with Crippen LogP contribution in [-0.4, -0.2) is 37.5 Å². The van der Waals surface area contributed by atoms with E-state index < -0.39 is 5.91 Å². The van der Waals surface area contributed by atoms with Crippen LogP contribution in [0.5, 0.6) is 5.75 Å². The summed E-state index contributed by atoms with van der Waals surface area (Å²) in [6.45, 7) is 3.51. The number of hydrogen-bond donors (Lipinski definition) is 1. The van der Waals surface area contributed by atoms with Crippen LogP contribution >= 0.6 is 23.5 Å². The van der Waals surface area contributed by atoms with Gasteiger partial charge in [-0.3, -0.25) is 10.2 Å². The van der Waals surface area contributed by atoms with E-state index in [0.717, 1.165) is 51.7 Å². The highest BCUT2D eigenvalue weighted by molar-refractivity contribution is 8.45. The Labute approximate surface area is 247 Å². The number of amides is 1. The molecule has 6 rings (SSSR count). The molecule has 0 radical (unpaired) electrons. The Kier molecular flexibility index (Phi) is 8.07. The first-order valence-corrected chi connectivity index (χ1v) is 15.4. The standard InChI is InChI=1S/C32H29N5O2S2/c1-2-22-13-15-25(16-14-22)39-18-8-17-36-20-24(26-11-6-7-12-28(26)36)19-27-29(33)37-31(34-30(27)38)41-32(35-37)40-21-23-9-4-3-5-10-23/h3-7,9-16,19-20,33H,2,8,17-18,21H2,1H3. The van der Waals surface area contributed by atoms with Crippen LogP contribution in [0.15, 0.2) is 101 Å². The van der Waals surface area contributed by atoms with E-state index in [9.17, 15) is 4.79 Å². The number of carbonyl (C=O) groups excluding carboxylic acids is 1. The summed E-state index contributed by atoms with van der Waals surface area (Å²) in [7, 11) is 0. The minimum absolute atomic E-state index is 0.0436. The van der Waals surface area contributed by atoms with Gasteiger partial charge in [-0.1, -0.05) is 79.3 Å². The Bertz CT molecular complexity index is 1690. The number of carbonyl (C=O) groups is 1. The second-order valence-electron chi connectivity index (χ2n) is 9.65. The Balaban J connectivity index is 1.16. The molecule has 0 aliphatic carbocycles. The van der Waals surface area contributed by atoms with E-state index >= 15 is 0 Å².